The van der Waals surface area contributed by atoms with Crippen molar-refractivity contribution in [1.82, 2.24) is 15.7 Å². The smallest absolute Gasteiger partial charge is 0.255 e. The number of methoxy groups -OCH3 is 1. The van der Waals surface area contributed by atoms with E-state index in [0.29, 0.717) is 24.5 Å². The zero-order valence-corrected chi connectivity index (χ0v) is 17.2. The van der Waals surface area contributed by atoms with Crippen LogP contribution in [0.1, 0.15) is 38.2 Å². The number of nitrogens with one attached hydrogen (secondary N) is 2. The average molecular weight is 393 g/mol. The standard InChI is InChI=1S/C20H31N3O5/c1-13(2)6-11-16(19(25)22-27)18(24)21-12-17(20(26)23(3)4)14-7-9-15(28-5)10-8-14/h7-10,13,16-17,27H,6,11-12H2,1-5H3,(H,21,24)(H,22,25). The van der Waals surface area contributed by atoms with Gasteiger partial charge in [-0.15, -0.1) is 0 Å². The van der Waals surface area contributed by atoms with Crippen LogP contribution < -0.4 is 15.5 Å². The second-order valence-electron chi connectivity index (χ2n) is 7.30. The number of hydrogen-bond donors (Lipinski definition) is 3. The minimum absolute atomic E-state index is 0.0407. The highest BCUT2D eigenvalue weighted by atomic mass is 16.5. The highest BCUT2D eigenvalue weighted by Crippen LogP contribution is 2.21. The second-order valence-corrected chi connectivity index (χ2v) is 7.30. The number of likely N-dealkylation sites (N-methyl/N-ethyl adjacent to an activating group) is 1. The molecule has 0 aliphatic carbocycles. The van der Waals surface area contributed by atoms with Crippen LogP contribution in [0.4, 0.5) is 0 Å². The first kappa shape index (κ1) is 23.4. The van der Waals surface area contributed by atoms with E-state index in [1.807, 2.05) is 13.8 Å². The van der Waals surface area contributed by atoms with Crippen molar-refractivity contribution in [2.45, 2.75) is 32.6 Å². The van der Waals surface area contributed by atoms with E-state index in [4.69, 9.17) is 9.94 Å². The van der Waals surface area contributed by atoms with Gasteiger partial charge in [0.25, 0.3) is 5.91 Å². The Balaban J connectivity index is 2.93. The van der Waals surface area contributed by atoms with Gasteiger partial charge < -0.3 is 15.0 Å². The number of nitrogens with zero attached hydrogens (tertiary/aromatic N) is 1. The third kappa shape index (κ3) is 6.84. The Labute approximate surface area is 166 Å². The predicted molar refractivity (Wildman–Crippen MR) is 105 cm³/mol. The molecule has 0 aromatic heterocycles. The minimum atomic E-state index is -1.02. The molecule has 8 nitrogen and oxygen atoms in total. The van der Waals surface area contributed by atoms with E-state index in [-0.39, 0.29) is 12.5 Å². The number of benzene rings is 1. The van der Waals surface area contributed by atoms with E-state index in [9.17, 15) is 14.4 Å². The summed E-state index contributed by atoms with van der Waals surface area (Å²) in [5, 5.41) is 11.6. The van der Waals surface area contributed by atoms with Gasteiger partial charge >= 0.3 is 0 Å². The van der Waals surface area contributed by atoms with Gasteiger partial charge in [-0.25, -0.2) is 5.48 Å². The van der Waals surface area contributed by atoms with Crippen molar-refractivity contribution in [2.75, 3.05) is 27.7 Å². The maximum atomic E-state index is 12.6. The molecule has 0 heterocycles. The molecule has 28 heavy (non-hydrogen) atoms. The number of rotatable bonds is 10. The molecule has 0 radical (unpaired) electrons. The Morgan fingerprint density at radius 3 is 2.14 bits per heavy atom. The van der Waals surface area contributed by atoms with E-state index in [2.05, 4.69) is 5.32 Å². The van der Waals surface area contributed by atoms with Crippen molar-refractivity contribution in [3.63, 3.8) is 0 Å². The molecule has 8 heteroatoms. The number of carbonyl (C=O) groups excluding carboxylic acids is 3. The molecular weight excluding hydrogens is 362 g/mol. The Hall–Kier alpha value is -2.61. The summed E-state index contributed by atoms with van der Waals surface area (Å²) < 4.78 is 5.14. The molecule has 0 fully saturated rings. The van der Waals surface area contributed by atoms with Crippen LogP contribution >= 0.6 is 0 Å². The van der Waals surface area contributed by atoms with E-state index in [0.717, 1.165) is 5.56 Å². The summed E-state index contributed by atoms with van der Waals surface area (Å²) in [4.78, 5) is 38.5. The maximum absolute atomic E-state index is 12.6. The summed E-state index contributed by atoms with van der Waals surface area (Å²) in [5.74, 6) is -2.08. The van der Waals surface area contributed by atoms with Crippen molar-refractivity contribution >= 4 is 17.7 Å². The number of carbonyl (C=O) groups is 3. The van der Waals surface area contributed by atoms with Gasteiger partial charge in [-0.2, -0.15) is 0 Å². The number of amides is 3. The first-order chi connectivity index (χ1) is 13.2. The molecule has 1 aromatic rings. The Morgan fingerprint density at radius 1 is 1.07 bits per heavy atom. The van der Waals surface area contributed by atoms with Gasteiger partial charge in [0.1, 0.15) is 11.7 Å². The van der Waals surface area contributed by atoms with Crippen molar-refractivity contribution in [2.24, 2.45) is 11.8 Å². The van der Waals surface area contributed by atoms with Gasteiger partial charge in [0.05, 0.1) is 13.0 Å². The molecule has 2 atom stereocenters. The lowest BCUT2D eigenvalue weighted by Gasteiger charge is -2.23. The van der Waals surface area contributed by atoms with E-state index >= 15 is 0 Å². The van der Waals surface area contributed by atoms with Gasteiger partial charge in [-0.1, -0.05) is 26.0 Å². The molecular formula is C20H31N3O5. The van der Waals surface area contributed by atoms with Crippen molar-refractivity contribution in [3.8, 4) is 5.75 Å². The fourth-order valence-corrected chi connectivity index (χ4v) is 2.78. The van der Waals surface area contributed by atoms with Gasteiger partial charge in [0.2, 0.25) is 11.8 Å². The minimum Gasteiger partial charge on any atom is -0.497 e. The van der Waals surface area contributed by atoms with Gasteiger partial charge in [0, 0.05) is 20.6 Å². The molecule has 156 valence electrons. The fraction of sp³-hybridized carbons (Fsp3) is 0.550. The summed E-state index contributed by atoms with van der Waals surface area (Å²) in [5.41, 5.74) is 2.28. The first-order valence-electron chi connectivity index (χ1n) is 9.28. The lowest BCUT2D eigenvalue weighted by Crippen LogP contribution is -2.43. The predicted octanol–water partition coefficient (Wildman–Crippen LogP) is 1.54. The van der Waals surface area contributed by atoms with Crippen molar-refractivity contribution < 1.29 is 24.3 Å². The Morgan fingerprint density at radius 2 is 1.68 bits per heavy atom. The molecule has 0 saturated heterocycles. The maximum Gasteiger partial charge on any atom is 0.255 e. The molecule has 3 N–H and O–H groups in total. The van der Waals surface area contributed by atoms with Crippen LogP contribution in [0, 0.1) is 11.8 Å². The van der Waals surface area contributed by atoms with Crippen molar-refractivity contribution in [1.29, 1.82) is 0 Å². The molecule has 0 aliphatic rings. The Kier molecular flexibility index (Phi) is 9.44. The van der Waals surface area contributed by atoms with Crippen LogP contribution in [0.3, 0.4) is 0 Å². The van der Waals surface area contributed by atoms with Crippen LogP contribution in [0.15, 0.2) is 24.3 Å². The highest BCUT2D eigenvalue weighted by molar-refractivity contribution is 6.00. The SMILES string of the molecule is COc1ccc(C(CNC(=O)C(CCC(C)C)C(=O)NO)C(=O)N(C)C)cc1. The third-order valence-corrected chi connectivity index (χ3v) is 4.51. The summed E-state index contributed by atoms with van der Waals surface area (Å²) >= 11 is 0. The zero-order chi connectivity index (χ0) is 21.3. The van der Waals surface area contributed by atoms with Crippen LogP contribution in [-0.4, -0.2) is 55.6 Å². The summed E-state index contributed by atoms with van der Waals surface area (Å²) in [6.45, 7) is 4.02. The Bertz CT molecular complexity index is 658. The number of hydrogen-bond acceptors (Lipinski definition) is 5. The van der Waals surface area contributed by atoms with E-state index in [1.165, 1.54) is 4.90 Å². The van der Waals surface area contributed by atoms with Gasteiger partial charge in [0.15, 0.2) is 0 Å². The third-order valence-electron chi connectivity index (χ3n) is 4.51. The molecule has 0 saturated carbocycles. The lowest BCUT2D eigenvalue weighted by molar-refractivity contribution is -0.141. The van der Waals surface area contributed by atoms with Crippen LogP contribution in [0.5, 0.6) is 5.75 Å². The molecule has 1 aromatic carbocycles. The topological polar surface area (TPSA) is 108 Å². The second kappa shape index (κ2) is 11.3. The van der Waals surface area contributed by atoms with E-state index < -0.39 is 23.7 Å². The first-order valence-corrected chi connectivity index (χ1v) is 9.28. The number of ether oxygens (including phenoxy) is 1. The van der Waals surface area contributed by atoms with Crippen LogP contribution in [0.2, 0.25) is 0 Å². The van der Waals surface area contributed by atoms with E-state index in [1.54, 1.807) is 51.0 Å². The average Bonchev–Trinajstić information content (AvgIpc) is 2.67. The zero-order valence-electron chi connectivity index (χ0n) is 17.2. The fourth-order valence-electron chi connectivity index (χ4n) is 2.78. The highest BCUT2D eigenvalue weighted by Gasteiger charge is 2.29. The van der Waals surface area contributed by atoms with Gasteiger partial charge in [-0.05, 0) is 36.5 Å². The summed E-state index contributed by atoms with van der Waals surface area (Å²) in [7, 11) is 4.85. The quantitative estimate of drug-likeness (QED) is 0.317. The molecule has 0 bridgehead atoms. The molecule has 3 amide bonds. The van der Waals surface area contributed by atoms with Crippen LogP contribution in [0.25, 0.3) is 0 Å². The summed E-state index contributed by atoms with van der Waals surface area (Å²) in [6, 6.07) is 7.04. The largest absolute Gasteiger partial charge is 0.497 e. The molecule has 1 rings (SSSR count). The monoisotopic (exact) mass is 393 g/mol. The van der Waals surface area contributed by atoms with Gasteiger partial charge in [-0.3, -0.25) is 19.6 Å². The molecule has 0 aliphatic heterocycles. The van der Waals surface area contributed by atoms with Crippen molar-refractivity contribution in [3.05, 3.63) is 29.8 Å². The molecule has 2 unspecified atom stereocenters. The molecule has 0 spiro atoms. The lowest BCUT2D eigenvalue weighted by atomic mass is 9.94. The number of hydroxylamine groups is 1. The summed E-state index contributed by atoms with van der Waals surface area (Å²) in [6.07, 6.45) is 0.967. The van der Waals surface area contributed by atoms with Crippen LogP contribution in [-0.2, 0) is 14.4 Å². The normalized spacial score (nSPS) is 12.8.